The summed E-state index contributed by atoms with van der Waals surface area (Å²) in [7, 11) is 0. The summed E-state index contributed by atoms with van der Waals surface area (Å²) < 4.78 is 2.89. The van der Waals surface area contributed by atoms with E-state index in [1.807, 2.05) is 0 Å². The number of halogens is 2. The molecule has 0 heterocycles. The first-order valence-electron chi connectivity index (χ1n) is 5.06. The Hall–Kier alpha value is 0.580. The van der Waals surface area contributed by atoms with Crippen LogP contribution in [0.15, 0.2) is 0 Å². The van der Waals surface area contributed by atoms with Crippen molar-refractivity contribution >= 4 is 34.2 Å². The van der Waals surface area contributed by atoms with Crippen molar-refractivity contribution in [2.24, 2.45) is 0 Å². The summed E-state index contributed by atoms with van der Waals surface area (Å²) in [6.07, 6.45) is 10.3. The van der Waals surface area contributed by atoms with Gasteiger partial charge in [0.2, 0.25) is 0 Å². The van der Waals surface area contributed by atoms with Crippen LogP contribution in [0.4, 0.5) is 0 Å². The third kappa shape index (κ3) is 12.6. The van der Waals surface area contributed by atoms with Gasteiger partial charge in [0.25, 0.3) is 0 Å². The van der Waals surface area contributed by atoms with Crippen molar-refractivity contribution in [3.63, 3.8) is 0 Å². The van der Waals surface area contributed by atoms with E-state index in [0.29, 0.717) is 0 Å². The number of hydrogen-bond donors (Lipinski definition) is 0. The van der Waals surface area contributed by atoms with E-state index in [0.717, 1.165) is 12.3 Å². The van der Waals surface area contributed by atoms with Gasteiger partial charge in [-0.1, -0.05) is 38.0 Å². The van der Waals surface area contributed by atoms with Crippen LogP contribution in [0.1, 0.15) is 51.4 Å². The number of unbranched alkanes of at least 4 members (excludes halogenated alkanes) is 7. The van der Waals surface area contributed by atoms with E-state index >= 15 is 0 Å². The van der Waals surface area contributed by atoms with Gasteiger partial charge in [-0.3, -0.25) is 0 Å². The molecule has 0 unspecified atom stereocenters. The summed E-state index contributed by atoms with van der Waals surface area (Å²) in [6.45, 7) is 0. The van der Waals surface area contributed by atoms with Gasteiger partial charge < -0.3 is 0 Å². The van der Waals surface area contributed by atoms with E-state index in [-0.39, 0.29) is 0 Å². The van der Waals surface area contributed by atoms with Gasteiger partial charge in [-0.25, -0.2) is 0 Å². The average molecular weight is 313 g/mol. The van der Waals surface area contributed by atoms with Crippen molar-refractivity contribution in [1.82, 2.24) is 0 Å². The summed E-state index contributed by atoms with van der Waals surface area (Å²) in [4.78, 5) is 0. The zero-order valence-electron chi connectivity index (χ0n) is 8.12. The predicted molar refractivity (Wildman–Crippen MR) is 69.5 cm³/mol. The topological polar surface area (TPSA) is 0 Å². The molecule has 0 aliphatic rings. The summed E-state index contributed by atoms with van der Waals surface area (Å²) in [5, 5.41) is 0. The molecule has 0 aromatic carbocycles. The molecule has 0 nitrogen and oxygen atoms in total. The molecule has 0 saturated heterocycles. The molecule has 0 aliphatic heterocycles. The van der Waals surface area contributed by atoms with E-state index < -0.39 is 0 Å². The molecule has 0 radical (unpaired) electrons. The predicted octanol–water partition coefficient (Wildman–Crippen LogP) is 4.74. The van der Waals surface area contributed by atoms with Gasteiger partial charge in [-0.05, 0) is 16.8 Å². The van der Waals surface area contributed by atoms with Crippen LogP contribution in [0.5, 0.6) is 0 Å². The van der Waals surface area contributed by atoms with Crippen LogP contribution in [0.25, 0.3) is 0 Å². The Balaban J connectivity index is 2.86. The fraction of sp³-hybridized carbons (Fsp3) is 0.818. The largest absolute Gasteiger partial charge is 0.127 e. The van der Waals surface area contributed by atoms with Crippen LogP contribution in [0, 0.1) is 9.85 Å². The second-order valence-corrected chi connectivity index (χ2v) is 4.10. The lowest BCUT2D eigenvalue weighted by Crippen LogP contribution is -1.81. The van der Waals surface area contributed by atoms with Crippen LogP contribution in [-0.4, -0.2) is 5.88 Å². The van der Waals surface area contributed by atoms with E-state index in [2.05, 4.69) is 32.4 Å². The number of alkyl halides is 1. The molecule has 76 valence electrons. The first-order chi connectivity index (χ1) is 6.41. The monoisotopic (exact) mass is 312 g/mol. The highest BCUT2D eigenvalue weighted by Crippen LogP contribution is 2.08. The zero-order chi connectivity index (χ0) is 9.78. The van der Waals surface area contributed by atoms with Crippen molar-refractivity contribution in [2.45, 2.75) is 51.4 Å². The third-order valence-corrected chi connectivity index (χ3v) is 2.65. The maximum atomic E-state index is 5.58. The quantitative estimate of drug-likeness (QED) is 0.263. The van der Waals surface area contributed by atoms with Crippen molar-refractivity contribution in [1.29, 1.82) is 0 Å². The van der Waals surface area contributed by atoms with Crippen LogP contribution in [-0.2, 0) is 0 Å². The van der Waals surface area contributed by atoms with E-state index in [1.165, 1.54) is 44.9 Å². The normalized spacial score (nSPS) is 9.38. The highest BCUT2D eigenvalue weighted by Gasteiger charge is 1.90. The molecular weight excluding hydrogens is 294 g/mol. The van der Waals surface area contributed by atoms with Gasteiger partial charge in [0.1, 0.15) is 0 Å². The molecule has 0 spiro atoms. The molecule has 0 fully saturated rings. The lowest BCUT2D eigenvalue weighted by Gasteiger charge is -1.98. The Bertz CT molecular complexity index is 146. The zero-order valence-corrected chi connectivity index (χ0v) is 11.0. The highest BCUT2D eigenvalue weighted by molar-refractivity contribution is 14.1. The van der Waals surface area contributed by atoms with Crippen molar-refractivity contribution in [2.75, 3.05) is 5.88 Å². The van der Waals surface area contributed by atoms with Crippen molar-refractivity contribution in [3.05, 3.63) is 0 Å². The summed E-state index contributed by atoms with van der Waals surface area (Å²) in [5.41, 5.74) is 0. The van der Waals surface area contributed by atoms with E-state index in [1.54, 1.807) is 0 Å². The van der Waals surface area contributed by atoms with Gasteiger partial charge in [0.15, 0.2) is 0 Å². The smallest absolute Gasteiger partial charge is 0.0223 e. The molecule has 0 aliphatic carbocycles. The molecule has 2 heteroatoms. The first kappa shape index (κ1) is 13.6. The molecule has 0 rings (SSSR count). The van der Waals surface area contributed by atoms with Crippen molar-refractivity contribution in [3.8, 4) is 9.85 Å². The molecule has 0 aromatic rings. The lowest BCUT2D eigenvalue weighted by molar-refractivity contribution is 0.595. The average Bonchev–Trinajstić information content (AvgIpc) is 2.16. The standard InChI is InChI=1S/C11H18ClI/c12-10-8-6-4-2-1-3-5-7-9-11-13/h1-8,10H2. The van der Waals surface area contributed by atoms with Gasteiger partial charge in [-0.2, -0.15) is 0 Å². The molecule has 0 aromatic heterocycles. The Labute approximate surface area is 101 Å². The Kier molecular flexibility index (Phi) is 13.1. The van der Waals surface area contributed by atoms with Crippen LogP contribution >= 0.6 is 34.2 Å². The van der Waals surface area contributed by atoms with Crippen LogP contribution in [0.3, 0.4) is 0 Å². The highest BCUT2D eigenvalue weighted by atomic mass is 127. The second-order valence-electron chi connectivity index (χ2n) is 3.19. The van der Waals surface area contributed by atoms with Crippen LogP contribution < -0.4 is 0 Å². The summed E-state index contributed by atoms with van der Waals surface area (Å²) in [5.74, 6) is 3.90. The third-order valence-electron chi connectivity index (χ3n) is 2.00. The van der Waals surface area contributed by atoms with Gasteiger partial charge in [-0.15, -0.1) is 11.6 Å². The van der Waals surface area contributed by atoms with Crippen molar-refractivity contribution < 1.29 is 0 Å². The fourth-order valence-corrected chi connectivity index (χ4v) is 1.70. The van der Waals surface area contributed by atoms with E-state index in [9.17, 15) is 0 Å². The maximum absolute atomic E-state index is 5.58. The molecule has 13 heavy (non-hydrogen) atoms. The van der Waals surface area contributed by atoms with Crippen LogP contribution in [0.2, 0.25) is 0 Å². The minimum absolute atomic E-state index is 0.825. The summed E-state index contributed by atoms with van der Waals surface area (Å²) in [6, 6.07) is 0. The van der Waals surface area contributed by atoms with Gasteiger partial charge >= 0.3 is 0 Å². The minimum Gasteiger partial charge on any atom is -0.127 e. The Morgan fingerprint density at radius 3 is 1.92 bits per heavy atom. The number of hydrogen-bond acceptors (Lipinski definition) is 0. The molecular formula is C11H18ClI. The summed E-state index contributed by atoms with van der Waals surface area (Å²) >= 11 is 7.68. The Morgan fingerprint density at radius 2 is 1.38 bits per heavy atom. The molecule has 0 N–H and O–H groups in total. The maximum Gasteiger partial charge on any atom is 0.0223 e. The fourth-order valence-electron chi connectivity index (χ4n) is 1.24. The second kappa shape index (κ2) is 12.6. The molecule has 0 amide bonds. The first-order valence-corrected chi connectivity index (χ1v) is 6.67. The lowest BCUT2D eigenvalue weighted by atomic mass is 10.1. The minimum atomic E-state index is 0.825. The Morgan fingerprint density at radius 1 is 0.846 bits per heavy atom. The van der Waals surface area contributed by atoms with Gasteiger partial charge in [0.05, 0.1) is 0 Å². The number of rotatable bonds is 8. The molecule has 0 saturated carbocycles. The van der Waals surface area contributed by atoms with Gasteiger partial charge in [0, 0.05) is 34.9 Å². The van der Waals surface area contributed by atoms with E-state index in [4.69, 9.17) is 11.6 Å². The SMILES string of the molecule is ClCCCCCCCCCC#CI. The molecule has 0 bridgehead atoms. The molecule has 0 atom stereocenters.